The zero-order valence-electron chi connectivity index (χ0n) is 13.9. The third kappa shape index (κ3) is 9.66. The van der Waals surface area contributed by atoms with Crippen molar-refractivity contribution in [1.29, 1.82) is 0 Å². The first-order valence-electron chi connectivity index (χ1n) is 6.57. The Morgan fingerprint density at radius 3 is 2.19 bits per heavy atom. The van der Waals surface area contributed by atoms with E-state index in [0.717, 1.165) is 6.08 Å². The van der Waals surface area contributed by atoms with Gasteiger partial charge in [-0.2, -0.15) is 0 Å². The summed E-state index contributed by atoms with van der Waals surface area (Å²) in [5.41, 5.74) is 0. The second kappa shape index (κ2) is 11.8. The third-order valence-electron chi connectivity index (χ3n) is 2.95. The topological polar surface area (TPSA) is 101 Å². The van der Waals surface area contributed by atoms with Crippen LogP contribution < -0.4 is 29.6 Å². The van der Waals surface area contributed by atoms with Crippen LogP contribution in [0.5, 0.6) is 0 Å². The van der Waals surface area contributed by atoms with Crippen LogP contribution in [0.4, 0.5) is 0 Å². The number of carbonyl (C=O) groups is 3. The van der Waals surface area contributed by atoms with E-state index in [9.17, 15) is 19.5 Å². The number of rotatable bonds is 10. The molecule has 2 N–H and O–H groups in total. The average molecular weight is 310 g/mol. The van der Waals surface area contributed by atoms with Crippen molar-refractivity contribution in [1.82, 2.24) is 0 Å². The fourth-order valence-electron chi connectivity index (χ4n) is 1.93. The smallest absolute Gasteiger partial charge is 1.00 e. The molecule has 0 aliphatic carbocycles. The Labute approximate surface area is 148 Å². The van der Waals surface area contributed by atoms with Gasteiger partial charge in [0.2, 0.25) is 0 Å². The first-order chi connectivity index (χ1) is 9.29. The molecule has 0 aromatic carbocycles. The van der Waals surface area contributed by atoms with Crippen molar-refractivity contribution in [3.8, 4) is 0 Å². The molecule has 0 rings (SSSR count). The number of aliphatic carboxylic acids is 2. The molecule has 0 aliphatic heterocycles. The molecule has 0 saturated carbocycles. The van der Waals surface area contributed by atoms with Crippen LogP contribution in [-0.4, -0.2) is 34.2 Å². The SMILES string of the molecule is C=CC(=O)OC(C(C)C)C(CCCCC(=O)O)C(=O)O.[H-].[Na+]. The Kier molecular flexibility index (Phi) is 12.6. The molecule has 0 saturated heterocycles. The minimum absolute atomic E-state index is 0. The van der Waals surface area contributed by atoms with Gasteiger partial charge in [0.1, 0.15) is 6.10 Å². The maximum atomic E-state index is 11.3. The summed E-state index contributed by atoms with van der Waals surface area (Å²) >= 11 is 0. The van der Waals surface area contributed by atoms with Crippen LogP contribution in [0.3, 0.4) is 0 Å². The van der Waals surface area contributed by atoms with Gasteiger partial charge >= 0.3 is 47.5 Å². The van der Waals surface area contributed by atoms with Crippen LogP contribution >= 0.6 is 0 Å². The second-order valence-corrected chi connectivity index (χ2v) is 4.93. The summed E-state index contributed by atoms with van der Waals surface area (Å²) in [5, 5.41) is 17.8. The molecule has 7 heteroatoms. The number of carbonyl (C=O) groups excluding carboxylic acids is 1. The van der Waals surface area contributed by atoms with E-state index >= 15 is 0 Å². The van der Waals surface area contributed by atoms with E-state index in [0.29, 0.717) is 12.8 Å². The van der Waals surface area contributed by atoms with Gasteiger partial charge < -0.3 is 16.4 Å². The van der Waals surface area contributed by atoms with Crippen molar-refractivity contribution in [3.05, 3.63) is 12.7 Å². The van der Waals surface area contributed by atoms with E-state index in [1.807, 2.05) is 0 Å². The Bertz CT molecular complexity index is 372. The largest absolute Gasteiger partial charge is 1.00 e. The second-order valence-electron chi connectivity index (χ2n) is 4.93. The van der Waals surface area contributed by atoms with E-state index in [2.05, 4.69) is 6.58 Å². The summed E-state index contributed by atoms with van der Waals surface area (Å²) in [7, 11) is 0. The zero-order chi connectivity index (χ0) is 15.7. The zero-order valence-corrected chi connectivity index (χ0v) is 14.9. The molecule has 2 unspecified atom stereocenters. The number of esters is 1. The molecule has 0 amide bonds. The van der Waals surface area contributed by atoms with Gasteiger partial charge in [-0.25, -0.2) is 4.79 Å². The van der Waals surface area contributed by atoms with Gasteiger partial charge in [-0.05, 0) is 18.8 Å². The van der Waals surface area contributed by atoms with Crippen molar-refractivity contribution in [2.75, 3.05) is 0 Å². The summed E-state index contributed by atoms with van der Waals surface area (Å²) in [6.45, 7) is 6.83. The fourth-order valence-corrected chi connectivity index (χ4v) is 1.93. The van der Waals surface area contributed by atoms with E-state index < -0.39 is 29.9 Å². The Morgan fingerprint density at radius 1 is 1.24 bits per heavy atom. The normalized spacial score (nSPS) is 12.9. The number of unbranched alkanes of at least 4 members (excludes halogenated alkanes) is 1. The molecular weight excluding hydrogens is 287 g/mol. The van der Waals surface area contributed by atoms with Gasteiger partial charge in [0.05, 0.1) is 5.92 Å². The van der Waals surface area contributed by atoms with Crippen LogP contribution in [0.15, 0.2) is 12.7 Å². The minimum atomic E-state index is -1.05. The fraction of sp³-hybridized carbons (Fsp3) is 0.643. The number of hydrogen-bond acceptors (Lipinski definition) is 4. The van der Waals surface area contributed by atoms with Gasteiger partial charge in [0.25, 0.3) is 0 Å². The van der Waals surface area contributed by atoms with Crippen LogP contribution in [0.1, 0.15) is 41.0 Å². The van der Waals surface area contributed by atoms with Crippen LogP contribution in [-0.2, 0) is 19.1 Å². The molecule has 0 heterocycles. The molecule has 21 heavy (non-hydrogen) atoms. The molecule has 0 aromatic rings. The summed E-state index contributed by atoms with van der Waals surface area (Å²) < 4.78 is 5.11. The monoisotopic (exact) mass is 310 g/mol. The third-order valence-corrected chi connectivity index (χ3v) is 2.95. The molecule has 0 fully saturated rings. The molecule has 0 bridgehead atoms. The summed E-state index contributed by atoms with van der Waals surface area (Å²) in [6, 6.07) is 0. The van der Waals surface area contributed by atoms with Crippen LogP contribution in [0.2, 0.25) is 0 Å². The predicted molar refractivity (Wildman–Crippen MR) is 73.3 cm³/mol. The Balaban J connectivity index is -0.00000180. The molecule has 2 atom stereocenters. The number of hydrogen-bond donors (Lipinski definition) is 2. The maximum absolute atomic E-state index is 11.3. The van der Waals surface area contributed by atoms with Crippen molar-refractivity contribution >= 4 is 17.9 Å². The van der Waals surface area contributed by atoms with Crippen molar-refractivity contribution < 1.29 is 60.3 Å². The molecule has 0 radical (unpaired) electrons. The predicted octanol–water partition coefficient (Wildman–Crippen LogP) is -0.797. The Morgan fingerprint density at radius 2 is 1.81 bits per heavy atom. The van der Waals surface area contributed by atoms with Gasteiger partial charge in [-0.15, -0.1) is 0 Å². The minimum Gasteiger partial charge on any atom is -1.00 e. The van der Waals surface area contributed by atoms with E-state index in [1.54, 1.807) is 13.8 Å². The molecule has 0 aliphatic rings. The summed E-state index contributed by atoms with van der Waals surface area (Å²) in [4.78, 5) is 33.0. The molecule has 0 spiro atoms. The van der Waals surface area contributed by atoms with Gasteiger partial charge in [-0.3, -0.25) is 9.59 Å². The molecular formula is C14H23NaO6. The van der Waals surface area contributed by atoms with Crippen molar-refractivity contribution in [2.24, 2.45) is 11.8 Å². The van der Waals surface area contributed by atoms with Crippen LogP contribution in [0, 0.1) is 11.8 Å². The van der Waals surface area contributed by atoms with E-state index in [-0.39, 0.29) is 49.7 Å². The van der Waals surface area contributed by atoms with E-state index in [1.165, 1.54) is 0 Å². The van der Waals surface area contributed by atoms with Gasteiger partial charge in [-0.1, -0.05) is 26.8 Å². The first kappa shape index (κ1) is 22.4. The van der Waals surface area contributed by atoms with Crippen molar-refractivity contribution in [2.45, 2.75) is 45.6 Å². The molecule has 0 aromatic heterocycles. The molecule has 6 nitrogen and oxygen atoms in total. The summed E-state index contributed by atoms with van der Waals surface area (Å²) in [5.74, 6) is -3.60. The Hall–Kier alpha value is -0.850. The molecule has 116 valence electrons. The van der Waals surface area contributed by atoms with Gasteiger partial charge in [0.15, 0.2) is 0 Å². The van der Waals surface area contributed by atoms with Crippen molar-refractivity contribution in [3.63, 3.8) is 0 Å². The average Bonchev–Trinajstić information content (AvgIpc) is 2.35. The first-order valence-corrected chi connectivity index (χ1v) is 6.57. The standard InChI is InChI=1S/C14H22O6.Na.H/c1-4-12(17)20-13(9(2)3)10(14(18)19)7-5-6-8-11(15)16;;/h4,9-10,13H,1,5-8H2,2-3H3,(H,15,16)(H,18,19);;/q;+1;-1. The summed E-state index contributed by atoms with van der Waals surface area (Å²) in [6.07, 6.45) is 1.39. The van der Waals surface area contributed by atoms with Gasteiger partial charge in [0, 0.05) is 12.5 Å². The number of ether oxygens (including phenoxy) is 1. The van der Waals surface area contributed by atoms with Crippen LogP contribution in [0.25, 0.3) is 0 Å². The maximum Gasteiger partial charge on any atom is 1.00 e. The van der Waals surface area contributed by atoms with E-state index in [4.69, 9.17) is 9.84 Å². The number of carboxylic acid groups (broad SMARTS) is 2. The quantitative estimate of drug-likeness (QED) is 0.237. The number of carboxylic acids is 2.